The molecule has 4 fully saturated rings. The van der Waals surface area contributed by atoms with E-state index < -0.39 is 0 Å². The smallest absolute Gasteiger partial charge is 0.194 e. The molecule has 1 N–H and O–H groups in total. The van der Waals surface area contributed by atoms with Gasteiger partial charge in [0.1, 0.15) is 0 Å². The Kier molecular flexibility index (Phi) is 7.34. The monoisotopic (exact) mass is 490 g/mol. The molecule has 1 spiro atoms. The highest BCUT2D eigenvalue weighted by Crippen LogP contribution is 2.62. The molecule has 4 atom stereocenters. The average molecular weight is 490 g/mol. The number of aliphatic imine (C=N–C) groups is 1. The number of nitrogens with one attached hydrogen (secondary N) is 1. The van der Waals surface area contributed by atoms with Gasteiger partial charge in [-0.3, -0.25) is 4.99 Å². The van der Waals surface area contributed by atoms with Crippen LogP contribution in [0.2, 0.25) is 0 Å². The molecule has 0 aromatic heterocycles. The molecule has 0 radical (unpaired) electrons. The molecule has 2 aliphatic heterocycles. The van der Waals surface area contributed by atoms with Gasteiger partial charge in [-0.15, -0.1) is 24.0 Å². The first-order valence-electron chi connectivity index (χ1n) is 11.1. The van der Waals surface area contributed by atoms with Gasteiger partial charge >= 0.3 is 0 Å². The Morgan fingerprint density at radius 1 is 1.22 bits per heavy atom. The Bertz CT molecular complexity index is 520. The van der Waals surface area contributed by atoms with E-state index in [0.29, 0.717) is 23.5 Å². The predicted molar refractivity (Wildman–Crippen MR) is 122 cm³/mol. The van der Waals surface area contributed by atoms with Gasteiger partial charge in [0.05, 0.1) is 6.10 Å². The lowest BCUT2D eigenvalue weighted by Crippen LogP contribution is -2.72. The second-order valence-corrected chi connectivity index (χ2v) is 8.84. The molecular formula is C21H39IN4O. The second-order valence-electron chi connectivity index (χ2n) is 8.84. The molecule has 0 bridgehead atoms. The maximum absolute atomic E-state index is 6.09. The molecule has 5 nitrogen and oxygen atoms in total. The van der Waals surface area contributed by atoms with E-state index in [1.807, 2.05) is 0 Å². The van der Waals surface area contributed by atoms with E-state index in [9.17, 15) is 0 Å². The topological polar surface area (TPSA) is 40.1 Å². The second kappa shape index (κ2) is 9.16. The van der Waals surface area contributed by atoms with Crippen LogP contribution >= 0.6 is 24.0 Å². The summed E-state index contributed by atoms with van der Waals surface area (Å²) in [5.74, 6) is 2.67. The number of likely N-dealkylation sites (tertiary alicyclic amines) is 1. The maximum atomic E-state index is 6.09. The van der Waals surface area contributed by atoms with Crippen molar-refractivity contribution in [3.8, 4) is 0 Å². The van der Waals surface area contributed by atoms with Crippen molar-refractivity contribution in [3.05, 3.63) is 0 Å². The van der Waals surface area contributed by atoms with Gasteiger partial charge in [-0.25, -0.2) is 0 Å². The molecule has 0 aromatic rings. The first-order chi connectivity index (χ1) is 12.7. The summed E-state index contributed by atoms with van der Waals surface area (Å²) in [5.41, 5.74) is 0.427. The van der Waals surface area contributed by atoms with E-state index in [1.54, 1.807) is 0 Å². The highest BCUT2D eigenvalue weighted by atomic mass is 127. The number of ether oxygens (including phenoxy) is 1. The molecule has 2 aliphatic carbocycles. The van der Waals surface area contributed by atoms with Gasteiger partial charge in [-0.2, -0.15) is 0 Å². The van der Waals surface area contributed by atoms with Gasteiger partial charge in [0.15, 0.2) is 5.96 Å². The van der Waals surface area contributed by atoms with E-state index in [-0.39, 0.29) is 24.0 Å². The molecule has 2 saturated heterocycles. The minimum atomic E-state index is 0. The van der Waals surface area contributed by atoms with Gasteiger partial charge in [-0.05, 0) is 51.6 Å². The fraction of sp³-hybridized carbons (Fsp3) is 0.952. The first kappa shape index (κ1) is 21.6. The summed E-state index contributed by atoms with van der Waals surface area (Å²) in [5, 5.41) is 3.94. The number of fused-ring (bicyclic) bond motifs is 2. The SMILES string of the molecule is CCN=C(NC1C2CCOC2C12CCC2)N1CCC(CN(CC)CC)C1.I. The van der Waals surface area contributed by atoms with Crippen molar-refractivity contribution in [1.82, 2.24) is 15.1 Å². The lowest BCUT2D eigenvalue weighted by molar-refractivity contribution is -0.171. The zero-order valence-corrected chi connectivity index (χ0v) is 19.8. The molecule has 4 rings (SSSR count). The van der Waals surface area contributed by atoms with Crippen LogP contribution in [0.4, 0.5) is 0 Å². The van der Waals surface area contributed by atoms with E-state index in [0.717, 1.165) is 45.2 Å². The van der Waals surface area contributed by atoms with Crippen molar-refractivity contribution in [2.24, 2.45) is 22.2 Å². The third kappa shape index (κ3) is 3.87. The molecule has 4 aliphatic rings. The molecule has 156 valence electrons. The molecule has 27 heavy (non-hydrogen) atoms. The van der Waals surface area contributed by atoms with Crippen molar-refractivity contribution in [3.63, 3.8) is 0 Å². The van der Waals surface area contributed by atoms with Crippen molar-refractivity contribution in [1.29, 1.82) is 0 Å². The van der Waals surface area contributed by atoms with Crippen LogP contribution in [-0.4, -0.2) is 73.8 Å². The summed E-state index contributed by atoms with van der Waals surface area (Å²) in [6, 6.07) is 0.593. The van der Waals surface area contributed by atoms with Crippen LogP contribution in [0, 0.1) is 17.3 Å². The van der Waals surface area contributed by atoms with Gasteiger partial charge in [0.2, 0.25) is 0 Å². The number of guanidine groups is 1. The summed E-state index contributed by atoms with van der Waals surface area (Å²) < 4.78 is 6.09. The molecule has 2 saturated carbocycles. The van der Waals surface area contributed by atoms with Crippen molar-refractivity contribution >= 4 is 29.9 Å². The van der Waals surface area contributed by atoms with Gasteiger partial charge < -0.3 is 19.9 Å². The minimum Gasteiger partial charge on any atom is -0.377 e. The molecular weight excluding hydrogens is 451 g/mol. The van der Waals surface area contributed by atoms with Crippen LogP contribution in [0.25, 0.3) is 0 Å². The normalized spacial score (nSPS) is 34.2. The Labute approximate surface area is 182 Å². The lowest BCUT2D eigenvalue weighted by atomic mass is 9.46. The maximum Gasteiger partial charge on any atom is 0.194 e. The Hall–Kier alpha value is -0.0800. The van der Waals surface area contributed by atoms with Crippen molar-refractivity contribution in [2.75, 3.05) is 45.9 Å². The number of rotatable bonds is 6. The fourth-order valence-electron chi connectivity index (χ4n) is 6.00. The first-order valence-corrected chi connectivity index (χ1v) is 11.1. The average Bonchev–Trinajstić information content (AvgIpc) is 3.23. The van der Waals surface area contributed by atoms with Crippen LogP contribution in [0.15, 0.2) is 4.99 Å². The van der Waals surface area contributed by atoms with E-state index in [1.165, 1.54) is 44.6 Å². The standard InChI is InChI=1S/C21H38N4O.HI/c1-4-22-20(25-12-8-16(15-25)14-24(5-2)6-3)23-18-17-9-13-26-19(17)21(18)10-7-11-21;/h16-19H,4-15H2,1-3H3,(H,22,23);1H. The summed E-state index contributed by atoms with van der Waals surface area (Å²) in [4.78, 5) is 10.00. The van der Waals surface area contributed by atoms with E-state index >= 15 is 0 Å². The number of nitrogens with zero attached hydrogens (tertiary/aromatic N) is 3. The summed E-state index contributed by atoms with van der Waals surface area (Å²) in [6.07, 6.45) is 7.12. The van der Waals surface area contributed by atoms with Crippen LogP contribution in [0.1, 0.15) is 52.9 Å². The minimum absolute atomic E-state index is 0. The highest BCUT2D eigenvalue weighted by molar-refractivity contribution is 14.0. The van der Waals surface area contributed by atoms with Crippen LogP contribution in [0.5, 0.6) is 0 Å². The molecule has 6 heteroatoms. The number of hydrogen-bond acceptors (Lipinski definition) is 3. The number of hydrogen-bond donors (Lipinski definition) is 1. The van der Waals surface area contributed by atoms with Crippen molar-refractivity contribution < 1.29 is 4.74 Å². The third-order valence-corrected chi connectivity index (χ3v) is 7.62. The molecule has 0 aromatic carbocycles. The third-order valence-electron chi connectivity index (χ3n) is 7.62. The van der Waals surface area contributed by atoms with E-state index in [4.69, 9.17) is 9.73 Å². The summed E-state index contributed by atoms with van der Waals surface area (Å²) >= 11 is 0. The molecule has 0 amide bonds. The number of halogens is 1. The van der Waals surface area contributed by atoms with E-state index in [2.05, 4.69) is 35.9 Å². The van der Waals surface area contributed by atoms with Crippen molar-refractivity contribution in [2.45, 2.75) is 65.0 Å². The van der Waals surface area contributed by atoms with Crippen LogP contribution in [0.3, 0.4) is 0 Å². The predicted octanol–water partition coefficient (Wildman–Crippen LogP) is 3.19. The van der Waals surface area contributed by atoms with Crippen LogP contribution in [-0.2, 0) is 4.74 Å². The summed E-state index contributed by atoms with van der Waals surface area (Å²) in [6.45, 7) is 14.4. The highest BCUT2D eigenvalue weighted by Gasteiger charge is 2.66. The fourth-order valence-corrected chi connectivity index (χ4v) is 6.00. The quantitative estimate of drug-likeness (QED) is 0.353. The molecule has 2 heterocycles. The van der Waals surface area contributed by atoms with Crippen LogP contribution < -0.4 is 5.32 Å². The largest absolute Gasteiger partial charge is 0.377 e. The Morgan fingerprint density at radius 3 is 2.63 bits per heavy atom. The van der Waals surface area contributed by atoms with Gasteiger partial charge in [0, 0.05) is 50.2 Å². The van der Waals surface area contributed by atoms with Gasteiger partial charge in [-0.1, -0.05) is 20.3 Å². The Balaban J connectivity index is 0.00000210. The zero-order valence-electron chi connectivity index (χ0n) is 17.5. The Morgan fingerprint density at radius 2 is 2.00 bits per heavy atom. The summed E-state index contributed by atoms with van der Waals surface area (Å²) in [7, 11) is 0. The van der Waals surface area contributed by atoms with Gasteiger partial charge in [0.25, 0.3) is 0 Å². The lowest BCUT2D eigenvalue weighted by Gasteiger charge is -2.63. The zero-order chi connectivity index (χ0) is 18.1. The molecule has 4 unspecified atom stereocenters.